The molecule has 2 N–H and O–H groups in total. The summed E-state index contributed by atoms with van der Waals surface area (Å²) in [5.74, 6) is 0.552. The Kier molecular flexibility index (Phi) is 3.86. The molecule has 0 radical (unpaired) electrons. The third-order valence-corrected chi connectivity index (χ3v) is 2.94. The second-order valence-corrected chi connectivity index (χ2v) is 4.47. The lowest BCUT2D eigenvalue weighted by Crippen LogP contribution is -2.09. The maximum atomic E-state index is 5.95. The molecule has 0 atom stereocenters. The van der Waals surface area contributed by atoms with E-state index >= 15 is 0 Å². The van der Waals surface area contributed by atoms with Crippen LogP contribution in [0.4, 0.5) is 5.95 Å². The predicted octanol–water partition coefficient (Wildman–Crippen LogP) is 1.48. The molecule has 2 heterocycles. The molecule has 0 unspecified atom stereocenters. The highest BCUT2D eigenvalue weighted by Gasteiger charge is 2.14. The SMILES string of the molecule is CCCOCCCn1c(N)nc2c(C)nn(C)c21. The van der Waals surface area contributed by atoms with Gasteiger partial charge < -0.3 is 10.5 Å². The molecule has 0 aliphatic rings. The first-order valence-electron chi connectivity index (χ1n) is 6.38. The van der Waals surface area contributed by atoms with Crippen molar-refractivity contribution in [3.8, 4) is 0 Å². The van der Waals surface area contributed by atoms with Crippen molar-refractivity contribution >= 4 is 17.1 Å². The molecule has 0 bridgehead atoms. The fraction of sp³-hybridized carbons (Fsp3) is 0.667. The van der Waals surface area contributed by atoms with E-state index in [0.717, 1.165) is 49.5 Å². The predicted molar refractivity (Wildman–Crippen MR) is 71.4 cm³/mol. The Balaban J connectivity index is 2.10. The number of nitrogens with two attached hydrogens (primary N) is 1. The minimum absolute atomic E-state index is 0.552. The summed E-state index contributed by atoms with van der Waals surface area (Å²) in [5.41, 5.74) is 8.74. The van der Waals surface area contributed by atoms with Gasteiger partial charge in [0.25, 0.3) is 0 Å². The van der Waals surface area contributed by atoms with E-state index in [1.807, 2.05) is 23.2 Å². The number of aryl methyl sites for hydroxylation is 3. The molecule has 0 saturated carbocycles. The number of anilines is 1. The molecule has 0 aliphatic carbocycles. The Morgan fingerprint density at radius 1 is 1.33 bits per heavy atom. The number of rotatable bonds is 6. The van der Waals surface area contributed by atoms with Crippen molar-refractivity contribution in [2.24, 2.45) is 7.05 Å². The lowest BCUT2D eigenvalue weighted by atomic mass is 10.4. The van der Waals surface area contributed by atoms with Gasteiger partial charge in [0.1, 0.15) is 5.52 Å². The fourth-order valence-corrected chi connectivity index (χ4v) is 2.14. The fourth-order valence-electron chi connectivity index (χ4n) is 2.14. The van der Waals surface area contributed by atoms with Gasteiger partial charge in [-0.05, 0) is 19.8 Å². The number of nitrogens with zero attached hydrogens (tertiary/aromatic N) is 4. The van der Waals surface area contributed by atoms with Crippen LogP contribution in [0.5, 0.6) is 0 Å². The quantitative estimate of drug-likeness (QED) is 0.789. The number of ether oxygens (including phenoxy) is 1. The molecule has 0 amide bonds. The van der Waals surface area contributed by atoms with Crippen molar-refractivity contribution in [2.75, 3.05) is 18.9 Å². The summed E-state index contributed by atoms with van der Waals surface area (Å²) in [5, 5.41) is 4.36. The van der Waals surface area contributed by atoms with E-state index < -0.39 is 0 Å². The Labute approximate surface area is 107 Å². The molecule has 0 aromatic carbocycles. The largest absolute Gasteiger partial charge is 0.381 e. The van der Waals surface area contributed by atoms with Gasteiger partial charge >= 0.3 is 0 Å². The van der Waals surface area contributed by atoms with Crippen molar-refractivity contribution in [2.45, 2.75) is 33.2 Å². The van der Waals surface area contributed by atoms with Gasteiger partial charge in [-0.2, -0.15) is 5.10 Å². The van der Waals surface area contributed by atoms with E-state index in [0.29, 0.717) is 5.95 Å². The topological polar surface area (TPSA) is 70.9 Å². The summed E-state index contributed by atoms with van der Waals surface area (Å²) in [6.07, 6.45) is 1.98. The van der Waals surface area contributed by atoms with Crippen LogP contribution in [0.15, 0.2) is 0 Å². The van der Waals surface area contributed by atoms with Gasteiger partial charge in [0.05, 0.1) is 5.69 Å². The minimum atomic E-state index is 0.552. The third kappa shape index (κ3) is 2.33. The van der Waals surface area contributed by atoms with Crippen LogP contribution in [0.2, 0.25) is 0 Å². The normalized spacial score (nSPS) is 11.5. The number of fused-ring (bicyclic) bond motifs is 1. The lowest BCUT2D eigenvalue weighted by Gasteiger charge is -2.07. The zero-order valence-corrected chi connectivity index (χ0v) is 11.3. The van der Waals surface area contributed by atoms with Gasteiger partial charge in [0, 0.05) is 26.8 Å². The average Bonchev–Trinajstić information content (AvgIpc) is 2.79. The molecule has 0 aliphatic heterocycles. The van der Waals surface area contributed by atoms with Crippen molar-refractivity contribution < 1.29 is 4.74 Å². The molecule has 2 aromatic heterocycles. The van der Waals surface area contributed by atoms with Crippen molar-refractivity contribution in [3.05, 3.63) is 5.69 Å². The van der Waals surface area contributed by atoms with Gasteiger partial charge in [0.2, 0.25) is 5.95 Å². The maximum absolute atomic E-state index is 5.95. The van der Waals surface area contributed by atoms with Crippen LogP contribution in [0.25, 0.3) is 11.2 Å². The zero-order valence-electron chi connectivity index (χ0n) is 11.3. The van der Waals surface area contributed by atoms with E-state index in [1.54, 1.807) is 0 Å². The first-order chi connectivity index (χ1) is 8.65. The lowest BCUT2D eigenvalue weighted by molar-refractivity contribution is 0.129. The third-order valence-electron chi connectivity index (χ3n) is 2.94. The van der Waals surface area contributed by atoms with E-state index in [-0.39, 0.29) is 0 Å². The Morgan fingerprint density at radius 2 is 2.11 bits per heavy atom. The molecular formula is C12H21N5O. The van der Waals surface area contributed by atoms with Crippen LogP contribution in [0.1, 0.15) is 25.5 Å². The van der Waals surface area contributed by atoms with Crippen LogP contribution in [0, 0.1) is 6.92 Å². The first kappa shape index (κ1) is 12.9. The highest BCUT2D eigenvalue weighted by molar-refractivity contribution is 5.77. The van der Waals surface area contributed by atoms with Gasteiger partial charge in [-0.25, -0.2) is 4.98 Å². The van der Waals surface area contributed by atoms with E-state index in [4.69, 9.17) is 10.5 Å². The van der Waals surface area contributed by atoms with E-state index in [1.165, 1.54) is 0 Å². The maximum Gasteiger partial charge on any atom is 0.202 e. The minimum Gasteiger partial charge on any atom is -0.381 e. The molecule has 100 valence electrons. The molecule has 6 heteroatoms. The van der Waals surface area contributed by atoms with Crippen molar-refractivity contribution in [3.63, 3.8) is 0 Å². The number of hydrogen-bond acceptors (Lipinski definition) is 4. The monoisotopic (exact) mass is 251 g/mol. The van der Waals surface area contributed by atoms with Crippen LogP contribution in [0.3, 0.4) is 0 Å². The highest BCUT2D eigenvalue weighted by Crippen LogP contribution is 2.20. The summed E-state index contributed by atoms with van der Waals surface area (Å²) < 4.78 is 9.31. The summed E-state index contributed by atoms with van der Waals surface area (Å²) >= 11 is 0. The molecular weight excluding hydrogens is 230 g/mol. The molecule has 0 fully saturated rings. The van der Waals surface area contributed by atoms with Crippen LogP contribution >= 0.6 is 0 Å². The molecule has 0 saturated heterocycles. The Morgan fingerprint density at radius 3 is 2.83 bits per heavy atom. The van der Waals surface area contributed by atoms with E-state index in [9.17, 15) is 0 Å². The van der Waals surface area contributed by atoms with Crippen LogP contribution < -0.4 is 5.73 Å². The number of nitrogen functional groups attached to an aromatic ring is 1. The van der Waals surface area contributed by atoms with Gasteiger partial charge in [-0.15, -0.1) is 0 Å². The van der Waals surface area contributed by atoms with Crippen LogP contribution in [-0.2, 0) is 18.3 Å². The number of aromatic nitrogens is 4. The van der Waals surface area contributed by atoms with Gasteiger partial charge in [-0.3, -0.25) is 9.25 Å². The zero-order chi connectivity index (χ0) is 13.1. The summed E-state index contributed by atoms with van der Waals surface area (Å²) in [6, 6.07) is 0. The molecule has 0 spiro atoms. The highest BCUT2D eigenvalue weighted by atomic mass is 16.5. The van der Waals surface area contributed by atoms with Gasteiger partial charge in [0.15, 0.2) is 5.65 Å². The first-order valence-corrected chi connectivity index (χ1v) is 6.38. The summed E-state index contributed by atoms with van der Waals surface area (Å²) in [7, 11) is 1.92. The smallest absolute Gasteiger partial charge is 0.202 e. The number of hydrogen-bond donors (Lipinski definition) is 1. The van der Waals surface area contributed by atoms with E-state index in [2.05, 4.69) is 17.0 Å². The molecule has 2 rings (SSSR count). The average molecular weight is 251 g/mol. The standard InChI is InChI=1S/C12H21N5O/c1-4-7-18-8-5-6-17-11-10(14-12(17)13)9(2)15-16(11)3/h4-8H2,1-3H3,(H2,13,14). The van der Waals surface area contributed by atoms with Crippen molar-refractivity contribution in [1.29, 1.82) is 0 Å². The molecule has 6 nitrogen and oxygen atoms in total. The second kappa shape index (κ2) is 5.39. The molecule has 18 heavy (non-hydrogen) atoms. The summed E-state index contributed by atoms with van der Waals surface area (Å²) in [4.78, 5) is 4.37. The van der Waals surface area contributed by atoms with Crippen LogP contribution in [-0.4, -0.2) is 32.5 Å². The van der Waals surface area contributed by atoms with Crippen molar-refractivity contribution in [1.82, 2.24) is 19.3 Å². The number of imidazole rings is 1. The Hall–Kier alpha value is -1.56. The Bertz CT molecular complexity index is 528. The summed E-state index contributed by atoms with van der Waals surface area (Å²) in [6.45, 7) is 6.44. The molecule has 2 aromatic rings. The van der Waals surface area contributed by atoms with Gasteiger partial charge in [-0.1, -0.05) is 6.92 Å². The second-order valence-electron chi connectivity index (χ2n) is 4.47.